The van der Waals surface area contributed by atoms with Crippen molar-refractivity contribution in [3.05, 3.63) is 35.1 Å². The van der Waals surface area contributed by atoms with Gasteiger partial charge in [0.05, 0.1) is 29.7 Å². The zero-order valence-corrected chi connectivity index (χ0v) is 19.9. The molecule has 1 aromatic rings. The number of piperidine rings is 1. The van der Waals surface area contributed by atoms with E-state index in [0.29, 0.717) is 25.9 Å². The molecule has 33 heavy (non-hydrogen) atoms. The Balaban J connectivity index is 2.12. The number of likely N-dealkylation sites (tertiary alicyclic amines) is 1. The summed E-state index contributed by atoms with van der Waals surface area (Å²) in [7, 11) is 1.37. The van der Waals surface area contributed by atoms with Gasteiger partial charge in [-0.15, -0.1) is 0 Å². The lowest BCUT2D eigenvalue weighted by Gasteiger charge is -2.40. The summed E-state index contributed by atoms with van der Waals surface area (Å²) in [5.41, 5.74) is -0.914. The molecule has 1 aliphatic heterocycles. The van der Waals surface area contributed by atoms with Gasteiger partial charge in [-0.1, -0.05) is 19.8 Å². The largest absolute Gasteiger partial charge is 0.469 e. The molecule has 1 fully saturated rings. The van der Waals surface area contributed by atoms with E-state index in [9.17, 15) is 18.8 Å². The normalized spacial score (nSPS) is 15.5. The van der Waals surface area contributed by atoms with Gasteiger partial charge in [0.15, 0.2) is 0 Å². The number of halogens is 1. The van der Waals surface area contributed by atoms with Crippen LogP contribution in [0.1, 0.15) is 75.2 Å². The molecule has 0 bridgehead atoms. The van der Waals surface area contributed by atoms with Crippen molar-refractivity contribution in [3.8, 4) is 6.07 Å². The molecule has 180 valence electrons. The summed E-state index contributed by atoms with van der Waals surface area (Å²) < 4.78 is 19.1. The first kappa shape index (κ1) is 26.3. The molecular formula is C25H34FN3O4. The summed E-state index contributed by atoms with van der Waals surface area (Å²) in [6.07, 6.45) is 4.07. The van der Waals surface area contributed by atoms with Crippen molar-refractivity contribution in [2.45, 2.75) is 65.3 Å². The van der Waals surface area contributed by atoms with E-state index in [-0.39, 0.29) is 28.9 Å². The van der Waals surface area contributed by atoms with Crippen molar-refractivity contribution in [2.24, 2.45) is 11.3 Å². The van der Waals surface area contributed by atoms with E-state index in [1.165, 1.54) is 19.2 Å². The van der Waals surface area contributed by atoms with Crippen LogP contribution in [0.15, 0.2) is 18.2 Å². The minimum Gasteiger partial charge on any atom is -0.469 e. The predicted molar refractivity (Wildman–Crippen MR) is 122 cm³/mol. The van der Waals surface area contributed by atoms with Crippen LogP contribution in [0.4, 0.5) is 4.39 Å². The zero-order chi connectivity index (χ0) is 24.6. The number of nitrogens with one attached hydrogen (secondary N) is 1. The Morgan fingerprint density at radius 1 is 1.30 bits per heavy atom. The van der Waals surface area contributed by atoms with Crippen molar-refractivity contribution in [3.63, 3.8) is 0 Å². The van der Waals surface area contributed by atoms with Crippen LogP contribution in [0.3, 0.4) is 0 Å². The van der Waals surface area contributed by atoms with E-state index in [1.54, 1.807) is 4.90 Å². The first-order valence-electron chi connectivity index (χ1n) is 11.5. The Labute approximate surface area is 195 Å². The van der Waals surface area contributed by atoms with Crippen LogP contribution in [0.2, 0.25) is 0 Å². The number of unbranched alkanes of at least 4 members (excludes halogenated alkanes) is 1. The van der Waals surface area contributed by atoms with Crippen LogP contribution in [0.25, 0.3) is 0 Å². The third-order valence-electron chi connectivity index (χ3n) is 6.50. The first-order valence-corrected chi connectivity index (χ1v) is 11.5. The van der Waals surface area contributed by atoms with Gasteiger partial charge in [0, 0.05) is 25.6 Å². The molecule has 1 saturated heterocycles. The molecule has 1 unspecified atom stereocenters. The van der Waals surface area contributed by atoms with Crippen molar-refractivity contribution in [1.29, 1.82) is 5.26 Å². The van der Waals surface area contributed by atoms with E-state index in [0.717, 1.165) is 31.7 Å². The number of hydrogen-bond donors (Lipinski definition) is 1. The van der Waals surface area contributed by atoms with Crippen LogP contribution in [0.5, 0.6) is 0 Å². The molecule has 0 aromatic heterocycles. The number of hydrogen-bond acceptors (Lipinski definition) is 5. The number of ether oxygens (including phenoxy) is 1. The lowest BCUT2D eigenvalue weighted by atomic mass is 9.79. The van der Waals surface area contributed by atoms with Gasteiger partial charge in [0.25, 0.3) is 5.91 Å². The molecule has 2 amide bonds. The lowest BCUT2D eigenvalue weighted by Crippen LogP contribution is -2.55. The Bertz CT molecular complexity index is 901. The van der Waals surface area contributed by atoms with Crippen LogP contribution in [0, 0.1) is 28.5 Å². The summed E-state index contributed by atoms with van der Waals surface area (Å²) in [5, 5.41) is 11.8. The SMILES string of the molecule is CCCCC(NC(=O)c1ccc(C#N)cc1F)C(C)(C)C(=O)N1CCC(CC(=O)OC)CC1. The van der Waals surface area contributed by atoms with Gasteiger partial charge in [-0.3, -0.25) is 14.4 Å². The second-order valence-corrected chi connectivity index (χ2v) is 9.21. The molecule has 0 radical (unpaired) electrons. The molecule has 7 nitrogen and oxygen atoms in total. The monoisotopic (exact) mass is 459 g/mol. The molecule has 1 N–H and O–H groups in total. The van der Waals surface area contributed by atoms with Crippen molar-refractivity contribution in [2.75, 3.05) is 20.2 Å². The van der Waals surface area contributed by atoms with Crippen LogP contribution < -0.4 is 5.32 Å². The van der Waals surface area contributed by atoms with Crippen LogP contribution in [-0.2, 0) is 14.3 Å². The molecule has 8 heteroatoms. The summed E-state index contributed by atoms with van der Waals surface area (Å²) in [4.78, 5) is 39.6. The third kappa shape index (κ3) is 6.77. The van der Waals surface area contributed by atoms with E-state index < -0.39 is 23.2 Å². The number of amides is 2. The number of rotatable bonds is 9. The van der Waals surface area contributed by atoms with Crippen molar-refractivity contribution < 1.29 is 23.5 Å². The minimum atomic E-state index is -0.900. The highest BCUT2D eigenvalue weighted by molar-refractivity contribution is 5.95. The third-order valence-corrected chi connectivity index (χ3v) is 6.50. The maximum atomic E-state index is 14.4. The number of nitriles is 1. The zero-order valence-electron chi connectivity index (χ0n) is 19.9. The van der Waals surface area contributed by atoms with Gasteiger partial charge >= 0.3 is 5.97 Å². The van der Waals surface area contributed by atoms with Gasteiger partial charge in [0.1, 0.15) is 5.82 Å². The standard InChI is InChI=1S/C25H34FN3O4/c1-5-6-7-21(28-23(31)19-9-8-18(16-27)14-20(19)26)25(2,3)24(32)29-12-10-17(11-13-29)15-22(30)33-4/h8-9,14,17,21H,5-7,10-13,15H2,1-4H3,(H,28,31). The van der Waals surface area contributed by atoms with E-state index >= 15 is 0 Å². The van der Waals surface area contributed by atoms with Gasteiger partial charge in [-0.05, 0) is 57.2 Å². The average Bonchev–Trinajstić information content (AvgIpc) is 2.81. The molecule has 0 saturated carbocycles. The Morgan fingerprint density at radius 3 is 2.52 bits per heavy atom. The topological polar surface area (TPSA) is 99.5 Å². The number of methoxy groups -OCH3 is 1. The highest BCUT2D eigenvalue weighted by Gasteiger charge is 2.41. The Hall–Kier alpha value is -2.95. The van der Waals surface area contributed by atoms with Gasteiger partial charge in [-0.2, -0.15) is 5.26 Å². The average molecular weight is 460 g/mol. The number of carbonyl (C=O) groups excluding carboxylic acids is 3. The molecule has 0 aliphatic carbocycles. The maximum absolute atomic E-state index is 14.4. The predicted octanol–water partition coefficient (Wildman–Crippen LogP) is 3.81. The maximum Gasteiger partial charge on any atom is 0.305 e. The summed E-state index contributed by atoms with van der Waals surface area (Å²) in [6, 6.07) is 5.08. The number of benzene rings is 1. The summed E-state index contributed by atoms with van der Waals surface area (Å²) in [5.74, 6) is -1.48. The fourth-order valence-corrected chi connectivity index (χ4v) is 4.24. The molecule has 1 aromatic carbocycles. The van der Waals surface area contributed by atoms with Crippen molar-refractivity contribution >= 4 is 17.8 Å². The molecule has 0 spiro atoms. The van der Waals surface area contributed by atoms with E-state index in [2.05, 4.69) is 5.32 Å². The van der Waals surface area contributed by atoms with E-state index in [1.807, 2.05) is 26.8 Å². The lowest BCUT2D eigenvalue weighted by molar-refractivity contribution is -0.144. The number of nitrogens with zero attached hydrogens (tertiary/aromatic N) is 2. The highest BCUT2D eigenvalue weighted by atomic mass is 19.1. The fourth-order valence-electron chi connectivity index (χ4n) is 4.24. The van der Waals surface area contributed by atoms with Crippen LogP contribution >= 0.6 is 0 Å². The second kappa shape index (κ2) is 11.8. The Kier molecular flexibility index (Phi) is 9.39. The van der Waals surface area contributed by atoms with E-state index in [4.69, 9.17) is 10.00 Å². The molecule has 2 rings (SSSR count). The van der Waals surface area contributed by atoms with Gasteiger partial charge in [-0.25, -0.2) is 4.39 Å². The summed E-state index contributed by atoms with van der Waals surface area (Å²) in [6.45, 7) is 6.74. The quantitative estimate of drug-likeness (QED) is 0.566. The molecule has 1 aliphatic rings. The number of esters is 1. The summed E-state index contributed by atoms with van der Waals surface area (Å²) >= 11 is 0. The van der Waals surface area contributed by atoms with Gasteiger partial charge < -0.3 is 15.0 Å². The smallest absolute Gasteiger partial charge is 0.305 e. The second-order valence-electron chi connectivity index (χ2n) is 9.21. The highest BCUT2D eigenvalue weighted by Crippen LogP contribution is 2.31. The molecule has 1 heterocycles. The minimum absolute atomic E-state index is 0.0688. The number of carbonyl (C=O) groups is 3. The van der Waals surface area contributed by atoms with Gasteiger partial charge in [0.2, 0.25) is 5.91 Å². The van der Waals surface area contributed by atoms with Crippen LogP contribution in [-0.4, -0.2) is 48.9 Å². The Morgan fingerprint density at radius 2 is 1.97 bits per heavy atom. The van der Waals surface area contributed by atoms with Crippen molar-refractivity contribution in [1.82, 2.24) is 10.2 Å². The molecule has 1 atom stereocenters. The molecular weight excluding hydrogens is 425 g/mol. The first-order chi connectivity index (χ1) is 15.6. The fraction of sp³-hybridized carbons (Fsp3) is 0.600.